The van der Waals surface area contributed by atoms with Crippen LogP contribution in [0, 0.1) is 5.92 Å². The topological polar surface area (TPSA) is 38.0 Å². The summed E-state index contributed by atoms with van der Waals surface area (Å²) in [5, 5.41) is 15.1. The average molecular weight is 252 g/mol. The van der Waals surface area contributed by atoms with Crippen molar-refractivity contribution in [3.63, 3.8) is 0 Å². The summed E-state index contributed by atoms with van der Waals surface area (Å²) >= 11 is 0. The molecule has 0 amide bonds. The van der Waals surface area contributed by atoms with Gasteiger partial charge in [-0.3, -0.25) is 0 Å². The van der Waals surface area contributed by atoms with Gasteiger partial charge in [-0.2, -0.15) is 5.10 Å². The molecule has 0 spiro atoms. The Hall–Kier alpha value is -0.990. The predicted molar refractivity (Wildman–Crippen MR) is 76.1 cm³/mol. The Labute approximate surface area is 111 Å². The third kappa shape index (κ3) is 3.06. The van der Waals surface area contributed by atoms with E-state index < -0.39 is 0 Å². The number of aromatic nitrogens is 2. The minimum Gasteiger partial charge on any atom is -0.493 e. The standard InChI is InChI=1S/C15H28N2O/c1-10(2)9-11-12(14(3,4)5)13(18)17(16-11)15(6,7)8/h10,18H,9H2,1-8H3. The number of hydrogen-bond donors (Lipinski definition) is 1. The minimum absolute atomic E-state index is 0.0855. The Kier molecular flexibility index (Phi) is 3.85. The van der Waals surface area contributed by atoms with Gasteiger partial charge in [-0.05, 0) is 38.5 Å². The fourth-order valence-electron chi connectivity index (χ4n) is 2.22. The normalized spacial score (nSPS) is 13.4. The molecule has 0 fully saturated rings. The van der Waals surface area contributed by atoms with E-state index in [2.05, 4.69) is 60.5 Å². The Morgan fingerprint density at radius 3 is 1.94 bits per heavy atom. The van der Waals surface area contributed by atoms with E-state index in [1.54, 1.807) is 4.68 Å². The molecule has 104 valence electrons. The van der Waals surface area contributed by atoms with Crippen LogP contribution in [0.25, 0.3) is 0 Å². The van der Waals surface area contributed by atoms with Gasteiger partial charge in [0.05, 0.1) is 11.2 Å². The van der Waals surface area contributed by atoms with Crippen LogP contribution < -0.4 is 0 Å². The van der Waals surface area contributed by atoms with Gasteiger partial charge in [-0.1, -0.05) is 34.6 Å². The lowest BCUT2D eigenvalue weighted by molar-refractivity contribution is 0.289. The van der Waals surface area contributed by atoms with E-state index in [0.29, 0.717) is 11.8 Å². The van der Waals surface area contributed by atoms with Gasteiger partial charge in [0.1, 0.15) is 0 Å². The summed E-state index contributed by atoms with van der Waals surface area (Å²) in [5.74, 6) is 0.861. The second kappa shape index (κ2) is 4.60. The Morgan fingerprint density at radius 2 is 1.61 bits per heavy atom. The molecule has 1 aromatic rings. The fraction of sp³-hybridized carbons (Fsp3) is 0.800. The third-order valence-electron chi connectivity index (χ3n) is 2.92. The molecule has 1 heterocycles. The van der Waals surface area contributed by atoms with Crippen LogP contribution in [0.5, 0.6) is 5.88 Å². The molecule has 0 saturated carbocycles. The fourth-order valence-corrected chi connectivity index (χ4v) is 2.22. The summed E-state index contributed by atoms with van der Waals surface area (Å²) in [4.78, 5) is 0. The first-order chi connectivity index (χ1) is 7.94. The van der Waals surface area contributed by atoms with Crippen molar-refractivity contribution in [2.45, 2.75) is 72.8 Å². The van der Waals surface area contributed by atoms with Gasteiger partial charge in [-0.15, -0.1) is 0 Å². The van der Waals surface area contributed by atoms with Gasteiger partial charge in [-0.25, -0.2) is 4.68 Å². The highest BCUT2D eigenvalue weighted by atomic mass is 16.3. The van der Waals surface area contributed by atoms with Crippen molar-refractivity contribution in [2.75, 3.05) is 0 Å². The zero-order valence-electron chi connectivity index (χ0n) is 13.1. The van der Waals surface area contributed by atoms with Crippen molar-refractivity contribution in [3.05, 3.63) is 11.3 Å². The molecular formula is C15H28N2O. The largest absolute Gasteiger partial charge is 0.493 e. The third-order valence-corrected chi connectivity index (χ3v) is 2.92. The van der Waals surface area contributed by atoms with Crippen molar-refractivity contribution in [3.8, 4) is 5.88 Å². The number of hydrogen-bond acceptors (Lipinski definition) is 2. The van der Waals surface area contributed by atoms with Gasteiger partial charge < -0.3 is 5.11 Å². The molecule has 0 aromatic carbocycles. The lowest BCUT2D eigenvalue weighted by Gasteiger charge is -2.22. The second-order valence-electron chi connectivity index (χ2n) is 7.58. The van der Waals surface area contributed by atoms with Gasteiger partial charge in [0.2, 0.25) is 5.88 Å². The van der Waals surface area contributed by atoms with Gasteiger partial charge in [0.25, 0.3) is 0 Å². The van der Waals surface area contributed by atoms with Crippen molar-refractivity contribution in [2.24, 2.45) is 5.92 Å². The quantitative estimate of drug-likeness (QED) is 0.868. The van der Waals surface area contributed by atoms with E-state index in [1.165, 1.54) is 0 Å². The molecule has 0 aliphatic rings. The van der Waals surface area contributed by atoms with Crippen LogP contribution in [-0.2, 0) is 17.4 Å². The molecule has 1 aromatic heterocycles. The number of nitrogens with zero attached hydrogens (tertiary/aromatic N) is 2. The molecule has 0 bridgehead atoms. The summed E-state index contributed by atoms with van der Waals surface area (Å²) in [7, 11) is 0. The lowest BCUT2D eigenvalue weighted by atomic mass is 9.85. The predicted octanol–water partition coefficient (Wildman–Crippen LogP) is 3.84. The maximum atomic E-state index is 10.5. The molecular weight excluding hydrogens is 224 g/mol. The molecule has 0 saturated heterocycles. The molecule has 0 atom stereocenters. The first kappa shape index (κ1) is 15.1. The zero-order chi connectivity index (χ0) is 14.3. The Morgan fingerprint density at radius 1 is 1.11 bits per heavy atom. The molecule has 0 aliphatic carbocycles. The van der Waals surface area contributed by atoms with E-state index in [-0.39, 0.29) is 11.0 Å². The zero-order valence-corrected chi connectivity index (χ0v) is 13.1. The van der Waals surface area contributed by atoms with E-state index >= 15 is 0 Å². The summed E-state index contributed by atoms with van der Waals surface area (Å²) in [5.41, 5.74) is 1.74. The number of aromatic hydroxyl groups is 1. The van der Waals surface area contributed by atoms with E-state index in [4.69, 9.17) is 0 Å². The maximum absolute atomic E-state index is 10.5. The lowest BCUT2D eigenvalue weighted by Crippen LogP contribution is -2.23. The molecule has 3 nitrogen and oxygen atoms in total. The van der Waals surface area contributed by atoms with Crippen molar-refractivity contribution >= 4 is 0 Å². The van der Waals surface area contributed by atoms with Crippen LogP contribution in [0.15, 0.2) is 0 Å². The highest BCUT2D eigenvalue weighted by Crippen LogP contribution is 2.37. The van der Waals surface area contributed by atoms with Crippen LogP contribution in [0.3, 0.4) is 0 Å². The Balaban J connectivity index is 3.42. The molecule has 1 rings (SSSR count). The van der Waals surface area contributed by atoms with Gasteiger partial charge in [0.15, 0.2) is 0 Å². The average Bonchev–Trinajstić information content (AvgIpc) is 2.39. The van der Waals surface area contributed by atoms with Crippen LogP contribution in [-0.4, -0.2) is 14.9 Å². The van der Waals surface area contributed by atoms with Gasteiger partial charge in [0, 0.05) is 5.56 Å². The molecule has 0 radical (unpaired) electrons. The summed E-state index contributed by atoms with van der Waals surface area (Å²) in [6.45, 7) is 16.9. The van der Waals surface area contributed by atoms with Crippen LogP contribution in [0.2, 0.25) is 0 Å². The highest BCUT2D eigenvalue weighted by Gasteiger charge is 2.31. The molecule has 0 unspecified atom stereocenters. The molecule has 18 heavy (non-hydrogen) atoms. The number of rotatable bonds is 2. The van der Waals surface area contributed by atoms with Crippen molar-refractivity contribution in [1.82, 2.24) is 9.78 Å². The molecule has 3 heteroatoms. The smallest absolute Gasteiger partial charge is 0.213 e. The van der Waals surface area contributed by atoms with Crippen molar-refractivity contribution < 1.29 is 5.11 Å². The first-order valence-electron chi connectivity index (χ1n) is 6.76. The summed E-state index contributed by atoms with van der Waals surface area (Å²) < 4.78 is 1.76. The summed E-state index contributed by atoms with van der Waals surface area (Å²) in [6.07, 6.45) is 0.906. The second-order valence-corrected chi connectivity index (χ2v) is 7.58. The van der Waals surface area contributed by atoms with Crippen LogP contribution in [0.1, 0.15) is 66.6 Å². The van der Waals surface area contributed by atoms with E-state index in [1.807, 2.05) is 0 Å². The molecule has 0 aliphatic heterocycles. The van der Waals surface area contributed by atoms with Crippen molar-refractivity contribution in [1.29, 1.82) is 0 Å². The first-order valence-corrected chi connectivity index (χ1v) is 6.76. The van der Waals surface area contributed by atoms with Crippen LogP contribution in [0.4, 0.5) is 0 Å². The van der Waals surface area contributed by atoms with E-state index in [0.717, 1.165) is 17.7 Å². The highest BCUT2D eigenvalue weighted by molar-refractivity contribution is 5.37. The Bertz CT molecular complexity index is 417. The summed E-state index contributed by atoms with van der Waals surface area (Å²) in [6, 6.07) is 0. The minimum atomic E-state index is -0.195. The van der Waals surface area contributed by atoms with Crippen LogP contribution >= 0.6 is 0 Å². The maximum Gasteiger partial charge on any atom is 0.213 e. The van der Waals surface area contributed by atoms with Gasteiger partial charge >= 0.3 is 0 Å². The van der Waals surface area contributed by atoms with E-state index in [9.17, 15) is 5.11 Å². The SMILES string of the molecule is CC(C)Cc1nn(C(C)(C)C)c(O)c1C(C)(C)C. The molecule has 1 N–H and O–H groups in total. The monoisotopic (exact) mass is 252 g/mol.